The lowest BCUT2D eigenvalue weighted by molar-refractivity contribution is -0.131. The Morgan fingerprint density at radius 3 is 2.83 bits per heavy atom. The van der Waals surface area contributed by atoms with Crippen LogP contribution in [-0.4, -0.2) is 44.2 Å². The number of carbonyl (C=O) groups excluding carboxylic acids is 1. The Kier molecular flexibility index (Phi) is 6.32. The first-order valence-electron chi connectivity index (χ1n) is 5.88. The van der Waals surface area contributed by atoms with Gasteiger partial charge in [0.15, 0.2) is 0 Å². The monoisotopic (exact) mass is 254 g/mol. The third-order valence-electron chi connectivity index (χ3n) is 2.56. The van der Waals surface area contributed by atoms with Crippen LogP contribution < -0.4 is 5.73 Å². The Bertz CT molecular complexity index is 385. The van der Waals surface area contributed by atoms with E-state index in [1.807, 2.05) is 0 Å². The van der Waals surface area contributed by atoms with Gasteiger partial charge in [-0.25, -0.2) is 4.39 Å². The maximum atomic E-state index is 13.0. The van der Waals surface area contributed by atoms with Crippen LogP contribution in [0.15, 0.2) is 24.3 Å². The zero-order valence-electron chi connectivity index (χ0n) is 10.6. The van der Waals surface area contributed by atoms with E-state index in [0.717, 1.165) is 0 Å². The first-order valence-corrected chi connectivity index (χ1v) is 5.88. The Morgan fingerprint density at radius 1 is 1.44 bits per heavy atom. The molecular formula is C13H19FN2O2. The Hall–Kier alpha value is -1.46. The SMILES string of the molecule is COCCN(CCN)C(=O)Cc1cccc(F)c1. The third-order valence-corrected chi connectivity index (χ3v) is 2.56. The van der Waals surface area contributed by atoms with Crippen molar-refractivity contribution in [3.05, 3.63) is 35.6 Å². The molecule has 0 bridgehead atoms. The third kappa shape index (κ3) is 4.81. The number of benzene rings is 1. The smallest absolute Gasteiger partial charge is 0.227 e. The molecule has 0 saturated heterocycles. The summed E-state index contributed by atoms with van der Waals surface area (Å²) in [5.41, 5.74) is 6.13. The van der Waals surface area contributed by atoms with Gasteiger partial charge in [0, 0.05) is 26.7 Å². The molecule has 0 aliphatic heterocycles. The first-order chi connectivity index (χ1) is 8.67. The number of methoxy groups -OCH3 is 1. The van der Waals surface area contributed by atoms with Crippen molar-refractivity contribution in [1.29, 1.82) is 0 Å². The molecule has 0 radical (unpaired) electrons. The van der Waals surface area contributed by atoms with Gasteiger partial charge >= 0.3 is 0 Å². The predicted molar refractivity (Wildman–Crippen MR) is 67.6 cm³/mol. The predicted octanol–water partition coefficient (Wildman–Crippen LogP) is 0.802. The van der Waals surface area contributed by atoms with E-state index in [4.69, 9.17) is 10.5 Å². The molecule has 1 aromatic carbocycles. The highest BCUT2D eigenvalue weighted by Gasteiger charge is 2.13. The molecule has 1 rings (SSSR count). The summed E-state index contributed by atoms with van der Waals surface area (Å²) >= 11 is 0. The molecule has 0 unspecified atom stereocenters. The van der Waals surface area contributed by atoms with Crippen molar-refractivity contribution in [3.63, 3.8) is 0 Å². The van der Waals surface area contributed by atoms with Crippen molar-refractivity contribution in [2.45, 2.75) is 6.42 Å². The number of hydrogen-bond acceptors (Lipinski definition) is 3. The van der Waals surface area contributed by atoms with E-state index in [1.54, 1.807) is 24.1 Å². The molecule has 2 N–H and O–H groups in total. The summed E-state index contributed by atoms with van der Waals surface area (Å²) < 4.78 is 17.9. The van der Waals surface area contributed by atoms with Crippen LogP contribution in [0, 0.1) is 5.82 Å². The van der Waals surface area contributed by atoms with E-state index in [-0.39, 0.29) is 18.1 Å². The van der Waals surface area contributed by atoms with Crippen molar-refractivity contribution in [1.82, 2.24) is 4.90 Å². The normalized spacial score (nSPS) is 10.4. The van der Waals surface area contributed by atoms with Crippen LogP contribution in [0.2, 0.25) is 0 Å². The Balaban J connectivity index is 2.60. The second-order valence-electron chi connectivity index (χ2n) is 3.97. The summed E-state index contributed by atoms with van der Waals surface area (Å²) in [4.78, 5) is 13.6. The summed E-state index contributed by atoms with van der Waals surface area (Å²) in [6.45, 7) is 1.85. The van der Waals surface area contributed by atoms with Crippen LogP contribution in [0.25, 0.3) is 0 Å². The number of halogens is 1. The quantitative estimate of drug-likeness (QED) is 0.783. The Labute approximate surface area is 107 Å². The van der Waals surface area contributed by atoms with E-state index < -0.39 is 0 Å². The van der Waals surface area contributed by atoms with Gasteiger partial charge in [0.05, 0.1) is 13.0 Å². The highest BCUT2D eigenvalue weighted by molar-refractivity contribution is 5.78. The minimum absolute atomic E-state index is 0.0666. The van der Waals surface area contributed by atoms with E-state index in [1.165, 1.54) is 12.1 Å². The molecule has 1 amide bonds. The molecule has 5 heteroatoms. The van der Waals surface area contributed by atoms with Crippen LogP contribution in [-0.2, 0) is 16.0 Å². The Morgan fingerprint density at radius 2 is 2.22 bits per heavy atom. The molecule has 0 aromatic heterocycles. The molecular weight excluding hydrogens is 235 g/mol. The summed E-state index contributed by atoms with van der Waals surface area (Å²) in [6, 6.07) is 6.06. The number of carbonyl (C=O) groups is 1. The number of ether oxygens (including phenoxy) is 1. The fourth-order valence-corrected chi connectivity index (χ4v) is 1.65. The summed E-state index contributed by atoms with van der Waals surface area (Å²) in [6.07, 6.45) is 0.182. The first kappa shape index (κ1) is 14.6. The summed E-state index contributed by atoms with van der Waals surface area (Å²) in [5.74, 6) is -0.398. The van der Waals surface area contributed by atoms with Crippen molar-refractivity contribution >= 4 is 5.91 Å². The van der Waals surface area contributed by atoms with Crippen LogP contribution in [0.3, 0.4) is 0 Å². The second kappa shape index (κ2) is 7.79. The number of amides is 1. The lowest BCUT2D eigenvalue weighted by atomic mass is 10.1. The zero-order valence-corrected chi connectivity index (χ0v) is 10.6. The topological polar surface area (TPSA) is 55.6 Å². The highest BCUT2D eigenvalue weighted by atomic mass is 19.1. The van der Waals surface area contributed by atoms with Crippen LogP contribution in [0.1, 0.15) is 5.56 Å². The van der Waals surface area contributed by atoms with Crippen molar-refractivity contribution in [3.8, 4) is 0 Å². The molecule has 0 atom stereocenters. The molecule has 100 valence electrons. The van der Waals surface area contributed by atoms with Gasteiger partial charge in [-0.15, -0.1) is 0 Å². The summed E-state index contributed by atoms with van der Waals surface area (Å²) in [5, 5.41) is 0. The van der Waals surface area contributed by atoms with Crippen molar-refractivity contribution < 1.29 is 13.9 Å². The molecule has 0 fully saturated rings. The van der Waals surface area contributed by atoms with E-state index in [0.29, 0.717) is 31.8 Å². The molecule has 4 nitrogen and oxygen atoms in total. The highest BCUT2D eigenvalue weighted by Crippen LogP contribution is 2.06. The minimum Gasteiger partial charge on any atom is -0.383 e. The van der Waals surface area contributed by atoms with E-state index in [2.05, 4.69) is 0 Å². The molecule has 18 heavy (non-hydrogen) atoms. The molecule has 0 aliphatic rings. The van der Waals surface area contributed by atoms with Gasteiger partial charge in [-0.3, -0.25) is 4.79 Å². The van der Waals surface area contributed by atoms with Gasteiger partial charge in [0.2, 0.25) is 5.91 Å². The lowest BCUT2D eigenvalue weighted by Gasteiger charge is -2.21. The van der Waals surface area contributed by atoms with Gasteiger partial charge in [-0.2, -0.15) is 0 Å². The average Bonchev–Trinajstić information content (AvgIpc) is 2.34. The van der Waals surface area contributed by atoms with Gasteiger partial charge in [-0.1, -0.05) is 12.1 Å². The largest absolute Gasteiger partial charge is 0.383 e. The lowest BCUT2D eigenvalue weighted by Crippen LogP contribution is -2.38. The second-order valence-corrected chi connectivity index (χ2v) is 3.97. The van der Waals surface area contributed by atoms with Crippen molar-refractivity contribution in [2.24, 2.45) is 5.73 Å². The molecule has 0 aliphatic carbocycles. The van der Waals surface area contributed by atoms with E-state index >= 15 is 0 Å². The maximum absolute atomic E-state index is 13.0. The standard InChI is InChI=1S/C13H19FN2O2/c1-18-8-7-16(6-5-15)13(17)10-11-3-2-4-12(14)9-11/h2-4,9H,5-8,10,15H2,1H3. The fourth-order valence-electron chi connectivity index (χ4n) is 1.65. The minimum atomic E-state index is -0.331. The number of rotatable bonds is 7. The van der Waals surface area contributed by atoms with E-state index in [9.17, 15) is 9.18 Å². The number of nitrogens with two attached hydrogens (primary N) is 1. The van der Waals surface area contributed by atoms with Crippen LogP contribution in [0.5, 0.6) is 0 Å². The van der Waals surface area contributed by atoms with Crippen molar-refractivity contribution in [2.75, 3.05) is 33.4 Å². The fraction of sp³-hybridized carbons (Fsp3) is 0.462. The van der Waals surface area contributed by atoms with Gasteiger partial charge in [-0.05, 0) is 17.7 Å². The number of nitrogens with zero attached hydrogens (tertiary/aromatic N) is 1. The molecule has 1 aromatic rings. The van der Waals surface area contributed by atoms with Crippen LogP contribution in [0.4, 0.5) is 4.39 Å². The molecule has 0 spiro atoms. The molecule has 0 saturated carbocycles. The van der Waals surface area contributed by atoms with Gasteiger partial charge in [0.1, 0.15) is 5.82 Å². The van der Waals surface area contributed by atoms with Gasteiger partial charge in [0.25, 0.3) is 0 Å². The van der Waals surface area contributed by atoms with Gasteiger partial charge < -0.3 is 15.4 Å². The molecule has 0 heterocycles. The number of hydrogen-bond donors (Lipinski definition) is 1. The van der Waals surface area contributed by atoms with Crippen LogP contribution >= 0.6 is 0 Å². The average molecular weight is 254 g/mol. The summed E-state index contributed by atoms with van der Waals surface area (Å²) in [7, 11) is 1.58. The zero-order chi connectivity index (χ0) is 13.4. The maximum Gasteiger partial charge on any atom is 0.227 e.